The summed E-state index contributed by atoms with van der Waals surface area (Å²) in [5, 5.41) is 1.74. The zero-order valence-electron chi connectivity index (χ0n) is 21.9. The number of rotatable bonds is 4. The summed E-state index contributed by atoms with van der Waals surface area (Å²) in [5.41, 5.74) is 7.78. The fourth-order valence-corrected chi connectivity index (χ4v) is 4.56. The number of aromatic nitrogens is 2. The monoisotopic (exact) mass is 424 g/mol. The third kappa shape index (κ3) is 3.48. The Balaban J connectivity index is 1.74. The molecule has 3 heteroatoms. The number of furan rings is 1. The number of hydrogen-bond acceptors (Lipinski definition) is 2. The maximum absolute atomic E-state index is 7.72. The van der Waals surface area contributed by atoms with Crippen LogP contribution in [0.4, 0.5) is 0 Å². The molecule has 3 aromatic heterocycles. The second kappa shape index (κ2) is 7.90. The molecule has 0 spiro atoms. The van der Waals surface area contributed by atoms with Crippen LogP contribution in [-0.2, 0) is 13.5 Å². The smallest absolute Gasteiger partial charge is 0.227 e. The van der Waals surface area contributed by atoms with Crippen LogP contribution in [0.3, 0.4) is 0 Å². The lowest BCUT2D eigenvalue weighted by Gasteiger charge is -2.11. The summed E-state index contributed by atoms with van der Waals surface area (Å²) in [5.74, 6) is 0.610. The first-order valence-electron chi connectivity index (χ1n) is 12.5. The van der Waals surface area contributed by atoms with E-state index in [9.17, 15) is 0 Å². The van der Waals surface area contributed by atoms with Gasteiger partial charge in [0, 0.05) is 26.6 Å². The van der Waals surface area contributed by atoms with Crippen LogP contribution in [-0.4, -0.2) is 4.98 Å². The van der Waals surface area contributed by atoms with Gasteiger partial charge in [-0.3, -0.25) is 0 Å². The Morgan fingerprint density at radius 3 is 2.53 bits per heavy atom. The van der Waals surface area contributed by atoms with Crippen molar-refractivity contribution >= 4 is 22.1 Å². The van der Waals surface area contributed by atoms with Gasteiger partial charge in [0.1, 0.15) is 7.05 Å². The Morgan fingerprint density at radius 1 is 1.00 bits per heavy atom. The molecule has 0 saturated carbocycles. The summed E-state index contributed by atoms with van der Waals surface area (Å²) in [4.78, 5) is 4.35. The van der Waals surface area contributed by atoms with E-state index in [0.717, 1.165) is 50.7 Å². The van der Waals surface area contributed by atoms with Crippen LogP contribution < -0.4 is 4.57 Å². The van der Waals surface area contributed by atoms with Crippen molar-refractivity contribution in [1.82, 2.24) is 4.98 Å². The van der Waals surface area contributed by atoms with Gasteiger partial charge in [-0.25, -0.2) is 9.55 Å². The highest BCUT2D eigenvalue weighted by Gasteiger charge is 2.25. The Bertz CT molecular complexity index is 1550. The highest BCUT2D eigenvalue weighted by atomic mass is 16.3. The van der Waals surface area contributed by atoms with Gasteiger partial charge < -0.3 is 4.42 Å². The second-order valence-corrected chi connectivity index (χ2v) is 8.96. The van der Waals surface area contributed by atoms with Crippen molar-refractivity contribution in [1.29, 1.82) is 0 Å². The Hall–Kier alpha value is -3.46. The zero-order chi connectivity index (χ0) is 24.9. The largest absolute Gasteiger partial charge is 0.437 e. The molecular formula is C29H29N2O+. The number of aryl methyl sites for hydroxylation is 3. The van der Waals surface area contributed by atoms with Crippen molar-refractivity contribution in [3.8, 4) is 22.4 Å². The molecule has 0 saturated heterocycles. The van der Waals surface area contributed by atoms with Crippen molar-refractivity contribution in [2.45, 2.75) is 34.0 Å². The number of nitrogens with zero attached hydrogens (tertiary/aromatic N) is 2. The van der Waals surface area contributed by atoms with Gasteiger partial charge in [0.2, 0.25) is 11.4 Å². The fraction of sp³-hybridized carbons (Fsp3) is 0.241. The lowest BCUT2D eigenvalue weighted by atomic mass is 9.93. The minimum Gasteiger partial charge on any atom is -0.437 e. The summed E-state index contributed by atoms with van der Waals surface area (Å²) in [6, 6.07) is 20.5. The predicted octanol–water partition coefficient (Wildman–Crippen LogP) is 6.95. The van der Waals surface area contributed by atoms with Crippen LogP contribution in [0.15, 0.2) is 71.3 Å². The van der Waals surface area contributed by atoms with Crippen LogP contribution >= 0.6 is 0 Å². The van der Waals surface area contributed by atoms with Gasteiger partial charge in [-0.05, 0) is 61.0 Å². The Kier molecular flexibility index (Phi) is 4.23. The molecule has 0 aliphatic heterocycles. The molecule has 0 aliphatic rings. The molecule has 0 fully saturated rings. The average Bonchev–Trinajstić information content (AvgIpc) is 3.17. The number of fused-ring (bicyclic) bond motifs is 3. The van der Waals surface area contributed by atoms with Crippen molar-refractivity contribution < 1.29 is 13.1 Å². The lowest BCUT2D eigenvalue weighted by molar-refractivity contribution is -0.659. The highest BCUT2D eigenvalue weighted by molar-refractivity contribution is 6.09. The van der Waals surface area contributed by atoms with E-state index in [1.165, 1.54) is 5.56 Å². The predicted molar refractivity (Wildman–Crippen MR) is 132 cm³/mol. The van der Waals surface area contributed by atoms with Crippen molar-refractivity contribution in [2.75, 3.05) is 0 Å². The van der Waals surface area contributed by atoms with Crippen LogP contribution in [0.5, 0.6) is 0 Å². The minimum absolute atomic E-state index is 0.0368. The van der Waals surface area contributed by atoms with E-state index in [1.807, 2.05) is 19.3 Å². The first-order valence-corrected chi connectivity index (χ1v) is 11.0. The van der Waals surface area contributed by atoms with Gasteiger partial charge in [-0.1, -0.05) is 50.2 Å². The van der Waals surface area contributed by atoms with Crippen LogP contribution in [0.1, 0.15) is 34.8 Å². The SMILES string of the molecule is [2H]C([2H])([2H])c1ccc2c(n1)oc1c(-c3c(-c4ccc(CC(C)C)cc4)ccc[n+]3C)c(C)ccc12. The molecule has 0 aliphatic carbocycles. The van der Waals surface area contributed by atoms with Crippen LogP contribution in [0.25, 0.3) is 44.5 Å². The van der Waals surface area contributed by atoms with Crippen LogP contribution in [0.2, 0.25) is 0 Å². The van der Waals surface area contributed by atoms with E-state index in [1.54, 1.807) is 12.1 Å². The van der Waals surface area contributed by atoms with Crippen molar-refractivity contribution in [2.24, 2.45) is 13.0 Å². The Morgan fingerprint density at radius 2 is 1.78 bits per heavy atom. The van der Waals surface area contributed by atoms with E-state index in [4.69, 9.17) is 8.53 Å². The van der Waals surface area contributed by atoms with Gasteiger partial charge in [-0.15, -0.1) is 0 Å². The van der Waals surface area contributed by atoms with Gasteiger partial charge in [0.05, 0.1) is 11.1 Å². The van der Waals surface area contributed by atoms with Crippen molar-refractivity contribution in [3.05, 3.63) is 83.7 Å². The number of pyridine rings is 2. The molecule has 3 nitrogen and oxygen atoms in total. The quantitative estimate of drug-likeness (QED) is 0.292. The fourth-order valence-electron chi connectivity index (χ4n) is 4.56. The Labute approximate surface area is 193 Å². The van der Waals surface area contributed by atoms with E-state index < -0.39 is 6.85 Å². The molecular weight excluding hydrogens is 392 g/mol. The molecule has 0 amide bonds. The maximum Gasteiger partial charge on any atom is 0.227 e. The highest BCUT2D eigenvalue weighted by Crippen LogP contribution is 2.39. The summed E-state index contributed by atoms with van der Waals surface area (Å²) in [6.07, 6.45) is 3.09. The van der Waals surface area contributed by atoms with Gasteiger partial charge in [0.15, 0.2) is 11.8 Å². The third-order valence-corrected chi connectivity index (χ3v) is 6.04. The summed E-state index contributed by atoms with van der Waals surface area (Å²) < 4.78 is 31.6. The molecule has 0 N–H and O–H groups in total. The van der Waals surface area contributed by atoms with E-state index in [2.05, 4.69) is 72.8 Å². The average molecular weight is 425 g/mol. The minimum atomic E-state index is -2.29. The molecule has 3 heterocycles. The topological polar surface area (TPSA) is 29.9 Å². The molecule has 32 heavy (non-hydrogen) atoms. The normalized spacial score (nSPS) is 13.5. The molecule has 160 valence electrons. The van der Waals surface area contributed by atoms with E-state index >= 15 is 0 Å². The summed E-state index contributed by atoms with van der Waals surface area (Å²) in [7, 11) is 2.04. The van der Waals surface area contributed by atoms with E-state index in [0.29, 0.717) is 11.6 Å². The first kappa shape index (κ1) is 17.1. The number of benzene rings is 2. The maximum atomic E-state index is 7.72. The second-order valence-electron chi connectivity index (χ2n) is 8.96. The third-order valence-electron chi connectivity index (χ3n) is 6.04. The summed E-state index contributed by atoms with van der Waals surface area (Å²) >= 11 is 0. The molecule has 5 rings (SSSR count). The van der Waals surface area contributed by atoms with Gasteiger partial charge >= 0.3 is 0 Å². The standard InChI is InChI=1S/C29H29N2O/c1-18(2)17-21-10-12-22(13-11-21)23-7-6-16-31(5)27(23)26-19(3)8-14-24-25-15-9-20(4)30-29(25)32-28(24)26/h6-16,18H,17H2,1-5H3/q+1/i4D3. The van der Waals surface area contributed by atoms with Crippen molar-refractivity contribution in [3.63, 3.8) is 0 Å². The van der Waals surface area contributed by atoms with Gasteiger partial charge in [-0.2, -0.15) is 0 Å². The van der Waals surface area contributed by atoms with Gasteiger partial charge in [0.25, 0.3) is 0 Å². The molecule has 0 atom stereocenters. The lowest BCUT2D eigenvalue weighted by Crippen LogP contribution is -2.31. The molecule has 2 aromatic carbocycles. The summed E-state index contributed by atoms with van der Waals surface area (Å²) in [6.45, 7) is 4.25. The molecule has 0 unspecified atom stereocenters. The number of hydrogen-bond donors (Lipinski definition) is 0. The van der Waals surface area contributed by atoms with Crippen LogP contribution in [0, 0.1) is 19.7 Å². The van der Waals surface area contributed by atoms with E-state index in [-0.39, 0.29) is 5.69 Å². The molecule has 5 aromatic rings. The first-order chi connectivity index (χ1) is 16.6. The molecule has 0 bridgehead atoms. The molecule has 0 radical (unpaired) electrons. The zero-order valence-corrected chi connectivity index (χ0v) is 18.9.